The largest absolute Gasteiger partial charge is 0.486 e. The monoisotopic (exact) mass is 489 g/mol. The Kier molecular flexibility index (Phi) is 8.73. The first-order valence-corrected chi connectivity index (χ1v) is 12.8. The van der Waals surface area contributed by atoms with Gasteiger partial charge < -0.3 is 15.0 Å². The molecule has 1 N–H and O–H groups in total. The van der Waals surface area contributed by atoms with Crippen molar-refractivity contribution in [3.8, 4) is 5.75 Å². The molecule has 2 atom stereocenters. The van der Waals surface area contributed by atoms with Gasteiger partial charge in [-0.2, -0.15) is 13.2 Å². The Morgan fingerprint density at radius 1 is 0.943 bits per heavy atom. The van der Waals surface area contributed by atoms with Gasteiger partial charge in [0, 0.05) is 45.2 Å². The summed E-state index contributed by atoms with van der Waals surface area (Å²) < 4.78 is 45.1. The van der Waals surface area contributed by atoms with Gasteiger partial charge in [0.15, 0.2) is 0 Å². The number of rotatable bonds is 9. The van der Waals surface area contributed by atoms with Crippen LogP contribution in [0.1, 0.15) is 60.9 Å². The van der Waals surface area contributed by atoms with Crippen LogP contribution in [0, 0.1) is 5.92 Å². The van der Waals surface area contributed by atoms with Crippen LogP contribution >= 0.6 is 0 Å². The second-order valence-electron chi connectivity index (χ2n) is 10.2. The smallest absolute Gasteiger partial charge is 0.416 e. The zero-order chi connectivity index (χ0) is 24.8. The molecule has 2 unspecified atom stereocenters. The third-order valence-corrected chi connectivity index (χ3v) is 7.34. The Labute approximate surface area is 207 Å². The minimum Gasteiger partial charge on any atom is -0.486 e. The highest BCUT2D eigenvalue weighted by molar-refractivity contribution is 5.31. The van der Waals surface area contributed by atoms with Crippen molar-refractivity contribution in [1.29, 1.82) is 0 Å². The molecule has 1 saturated heterocycles. The Morgan fingerprint density at radius 2 is 1.54 bits per heavy atom. The number of halogens is 3. The van der Waals surface area contributed by atoms with Crippen molar-refractivity contribution in [3.63, 3.8) is 0 Å². The van der Waals surface area contributed by atoms with E-state index in [2.05, 4.69) is 39.4 Å². The van der Waals surface area contributed by atoms with E-state index in [1.54, 1.807) is 0 Å². The maximum Gasteiger partial charge on any atom is 0.416 e. The number of alkyl halides is 3. The summed E-state index contributed by atoms with van der Waals surface area (Å²) in [6.07, 6.45) is 1.39. The summed E-state index contributed by atoms with van der Waals surface area (Å²) in [7, 11) is 4.02. The highest BCUT2D eigenvalue weighted by Crippen LogP contribution is 2.40. The molecule has 4 rings (SSSR count). The molecule has 4 nitrogen and oxygen atoms in total. The summed E-state index contributed by atoms with van der Waals surface area (Å²) in [5, 5.41) is 3.47. The fraction of sp³-hybridized carbons (Fsp3) is 0.571. The van der Waals surface area contributed by atoms with Crippen molar-refractivity contribution in [1.82, 2.24) is 15.1 Å². The van der Waals surface area contributed by atoms with E-state index in [9.17, 15) is 13.2 Å². The molecular formula is C28H38F3N3O. The molecule has 1 saturated carbocycles. The lowest BCUT2D eigenvalue weighted by Crippen LogP contribution is -2.46. The van der Waals surface area contributed by atoms with Gasteiger partial charge in [0.25, 0.3) is 0 Å². The highest BCUT2D eigenvalue weighted by Gasteiger charge is 2.32. The van der Waals surface area contributed by atoms with Gasteiger partial charge in [-0.25, -0.2) is 0 Å². The van der Waals surface area contributed by atoms with E-state index in [1.165, 1.54) is 43.4 Å². The minimum absolute atomic E-state index is 0.229. The zero-order valence-corrected chi connectivity index (χ0v) is 20.9. The van der Waals surface area contributed by atoms with E-state index in [-0.39, 0.29) is 6.10 Å². The van der Waals surface area contributed by atoms with Crippen molar-refractivity contribution in [3.05, 3.63) is 65.2 Å². The standard InChI is InChI=1S/C28H38F3N3O/c1-33(2)18-15-26(35-25-13-11-24(12-14-25)28(29,30)31)21-7-9-23(10-8-21)27(22-5-3-4-6-22)34-19-16-32-17-20-34/h7-14,22,26-27,32H,3-6,15-20H2,1-2H3. The van der Waals surface area contributed by atoms with E-state index in [0.717, 1.165) is 56.8 Å². The van der Waals surface area contributed by atoms with Gasteiger partial charge in [0.1, 0.15) is 11.9 Å². The molecule has 192 valence electrons. The quantitative estimate of drug-likeness (QED) is 0.474. The average Bonchev–Trinajstić information content (AvgIpc) is 3.37. The number of piperazine rings is 1. The van der Waals surface area contributed by atoms with Crippen LogP contribution in [0.4, 0.5) is 13.2 Å². The van der Waals surface area contributed by atoms with Crippen molar-refractivity contribution in [2.75, 3.05) is 46.8 Å². The summed E-state index contributed by atoms with van der Waals surface area (Å²) in [4.78, 5) is 4.74. The Hall–Kier alpha value is -2.09. The SMILES string of the molecule is CN(C)CCC(Oc1ccc(C(F)(F)F)cc1)c1ccc(C(C2CCCC2)N2CCNCC2)cc1. The van der Waals surface area contributed by atoms with Gasteiger partial charge in [-0.3, -0.25) is 4.90 Å². The van der Waals surface area contributed by atoms with Crippen molar-refractivity contribution < 1.29 is 17.9 Å². The lowest BCUT2D eigenvalue weighted by molar-refractivity contribution is -0.137. The molecule has 1 aliphatic heterocycles. The molecule has 1 aliphatic carbocycles. The highest BCUT2D eigenvalue weighted by atomic mass is 19.4. The Balaban J connectivity index is 1.53. The fourth-order valence-corrected chi connectivity index (χ4v) is 5.48. The lowest BCUT2D eigenvalue weighted by Gasteiger charge is -2.38. The van der Waals surface area contributed by atoms with E-state index in [4.69, 9.17) is 4.74 Å². The molecule has 0 aromatic heterocycles. The predicted molar refractivity (Wildman–Crippen MR) is 134 cm³/mol. The van der Waals surface area contributed by atoms with Crippen molar-refractivity contribution in [2.24, 2.45) is 5.92 Å². The van der Waals surface area contributed by atoms with E-state index >= 15 is 0 Å². The second kappa shape index (κ2) is 11.8. The number of hydrogen-bond donors (Lipinski definition) is 1. The second-order valence-corrected chi connectivity index (χ2v) is 10.2. The molecule has 2 aliphatic rings. The normalized spacial score (nSPS) is 19.7. The van der Waals surface area contributed by atoms with Crippen LogP contribution in [0.5, 0.6) is 5.75 Å². The molecule has 0 amide bonds. The summed E-state index contributed by atoms with van der Waals surface area (Å²) in [5.74, 6) is 1.15. The first kappa shape index (κ1) is 26.0. The number of hydrogen-bond acceptors (Lipinski definition) is 4. The molecule has 0 bridgehead atoms. The summed E-state index contributed by atoms with van der Waals surface area (Å²) in [5.41, 5.74) is 1.76. The number of nitrogens with zero attached hydrogens (tertiary/aromatic N) is 2. The van der Waals surface area contributed by atoms with Crippen LogP contribution in [0.25, 0.3) is 0 Å². The first-order chi connectivity index (χ1) is 16.8. The van der Waals surface area contributed by atoms with Gasteiger partial charge in [0.05, 0.1) is 5.56 Å². The van der Waals surface area contributed by atoms with Crippen LogP contribution in [-0.2, 0) is 6.18 Å². The molecule has 35 heavy (non-hydrogen) atoms. The van der Waals surface area contributed by atoms with Gasteiger partial charge >= 0.3 is 6.18 Å². The van der Waals surface area contributed by atoms with Crippen LogP contribution in [0.3, 0.4) is 0 Å². The Bertz CT molecular complexity index is 903. The maximum absolute atomic E-state index is 13.0. The predicted octanol–water partition coefficient (Wildman–Crippen LogP) is 5.91. The fourth-order valence-electron chi connectivity index (χ4n) is 5.48. The van der Waals surface area contributed by atoms with Gasteiger partial charge in [-0.1, -0.05) is 37.1 Å². The summed E-state index contributed by atoms with van der Waals surface area (Å²) >= 11 is 0. The van der Waals surface area contributed by atoms with Gasteiger partial charge in [0.2, 0.25) is 0 Å². The van der Waals surface area contributed by atoms with Crippen LogP contribution in [0.2, 0.25) is 0 Å². The van der Waals surface area contributed by atoms with E-state index in [1.807, 2.05) is 14.1 Å². The van der Waals surface area contributed by atoms with Gasteiger partial charge in [-0.15, -0.1) is 0 Å². The molecule has 0 radical (unpaired) electrons. The molecule has 2 aromatic carbocycles. The molecule has 2 aromatic rings. The zero-order valence-electron chi connectivity index (χ0n) is 20.9. The molecule has 0 spiro atoms. The molecular weight excluding hydrogens is 451 g/mol. The van der Waals surface area contributed by atoms with E-state index in [0.29, 0.717) is 17.7 Å². The van der Waals surface area contributed by atoms with E-state index < -0.39 is 11.7 Å². The molecule has 1 heterocycles. The number of ether oxygens (including phenoxy) is 1. The molecule has 7 heteroatoms. The average molecular weight is 490 g/mol. The maximum atomic E-state index is 13.0. The molecule has 2 fully saturated rings. The topological polar surface area (TPSA) is 27.7 Å². The van der Waals surface area contributed by atoms with Crippen molar-refractivity contribution >= 4 is 0 Å². The van der Waals surface area contributed by atoms with Crippen LogP contribution in [0.15, 0.2) is 48.5 Å². The van der Waals surface area contributed by atoms with Crippen molar-refractivity contribution in [2.45, 2.75) is 50.4 Å². The number of nitrogens with one attached hydrogen (secondary N) is 1. The van der Waals surface area contributed by atoms with Crippen LogP contribution in [-0.4, -0.2) is 56.6 Å². The Morgan fingerprint density at radius 3 is 2.11 bits per heavy atom. The third kappa shape index (κ3) is 6.99. The lowest BCUT2D eigenvalue weighted by atomic mass is 9.89. The summed E-state index contributed by atoms with van der Waals surface area (Å²) in [6.45, 7) is 5.04. The first-order valence-electron chi connectivity index (χ1n) is 12.8. The minimum atomic E-state index is -4.35. The van der Waals surface area contributed by atoms with Gasteiger partial charge in [-0.05, 0) is 68.2 Å². The third-order valence-electron chi connectivity index (χ3n) is 7.34. The number of benzene rings is 2. The van der Waals surface area contributed by atoms with Crippen LogP contribution < -0.4 is 10.1 Å². The summed E-state index contributed by atoms with van der Waals surface area (Å²) in [6, 6.07) is 14.3.